The molecule has 1 heterocycles. The zero-order valence-electron chi connectivity index (χ0n) is 15.5. The molecule has 1 aromatic carbocycles. The van der Waals surface area contributed by atoms with Gasteiger partial charge in [0.05, 0.1) is 11.2 Å². The second-order valence-electron chi connectivity index (χ2n) is 7.18. The Kier molecular flexibility index (Phi) is 5.88. The molecule has 0 saturated carbocycles. The van der Waals surface area contributed by atoms with E-state index in [0.717, 1.165) is 22.7 Å². The van der Waals surface area contributed by atoms with Crippen molar-refractivity contribution in [2.75, 3.05) is 13.6 Å². The lowest BCUT2D eigenvalue weighted by Gasteiger charge is -2.32. The van der Waals surface area contributed by atoms with Gasteiger partial charge in [0.15, 0.2) is 0 Å². The molecule has 25 heavy (non-hydrogen) atoms. The molecule has 0 bridgehead atoms. The molecule has 1 aromatic rings. The Hall–Kier alpha value is -1.89. The first-order valence-electron chi connectivity index (χ1n) is 8.36. The van der Waals surface area contributed by atoms with Crippen LogP contribution in [0.15, 0.2) is 35.8 Å². The number of aliphatic carboxylic acids is 1. The van der Waals surface area contributed by atoms with Crippen molar-refractivity contribution in [3.8, 4) is 0 Å². The number of hydrogen-bond donors (Lipinski definition) is 2. The molecular formula is C19H26BNO4. The summed E-state index contributed by atoms with van der Waals surface area (Å²) in [5.41, 5.74) is 2.10. The predicted molar refractivity (Wildman–Crippen MR) is 101 cm³/mol. The Morgan fingerprint density at radius 1 is 1.12 bits per heavy atom. The minimum atomic E-state index is -0.957. The Morgan fingerprint density at radius 2 is 1.64 bits per heavy atom. The van der Waals surface area contributed by atoms with Crippen molar-refractivity contribution in [3.63, 3.8) is 0 Å². The lowest BCUT2D eigenvalue weighted by molar-refractivity contribution is -0.131. The summed E-state index contributed by atoms with van der Waals surface area (Å²) >= 11 is 0. The van der Waals surface area contributed by atoms with Gasteiger partial charge >= 0.3 is 13.1 Å². The maximum Gasteiger partial charge on any atom is 0.491 e. The number of benzene rings is 1. The quantitative estimate of drug-likeness (QED) is 0.614. The average Bonchev–Trinajstić information content (AvgIpc) is 2.74. The summed E-state index contributed by atoms with van der Waals surface area (Å²) in [7, 11) is 1.49. The van der Waals surface area contributed by atoms with Gasteiger partial charge in [0.1, 0.15) is 0 Å². The topological polar surface area (TPSA) is 67.8 Å². The molecule has 134 valence electrons. The molecule has 0 unspecified atom stereocenters. The highest BCUT2D eigenvalue weighted by atomic mass is 16.7. The molecule has 5 nitrogen and oxygen atoms in total. The minimum Gasteiger partial charge on any atom is -0.478 e. The highest BCUT2D eigenvalue weighted by molar-refractivity contribution is 6.55. The van der Waals surface area contributed by atoms with Gasteiger partial charge in [-0.3, -0.25) is 0 Å². The van der Waals surface area contributed by atoms with Crippen molar-refractivity contribution in [1.82, 2.24) is 5.32 Å². The van der Waals surface area contributed by atoms with Crippen molar-refractivity contribution in [1.29, 1.82) is 0 Å². The smallest absolute Gasteiger partial charge is 0.478 e. The number of carbonyl (C=O) groups is 1. The van der Waals surface area contributed by atoms with Gasteiger partial charge < -0.3 is 19.7 Å². The second kappa shape index (κ2) is 7.56. The van der Waals surface area contributed by atoms with Crippen molar-refractivity contribution >= 4 is 25.2 Å². The van der Waals surface area contributed by atoms with Crippen molar-refractivity contribution in [2.24, 2.45) is 0 Å². The summed E-state index contributed by atoms with van der Waals surface area (Å²) in [6.07, 6.45) is 4.74. The predicted octanol–water partition coefficient (Wildman–Crippen LogP) is 3.02. The lowest BCUT2D eigenvalue weighted by atomic mass is 9.77. The maximum atomic E-state index is 10.6. The third-order valence-electron chi connectivity index (χ3n) is 4.64. The molecule has 0 aromatic heterocycles. The van der Waals surface area contributed by atoms with Crippen LogP contribution in [0.4, 0.5) is 0 Å². The fourth-order valence-corrected chi connectivity index (χ4v) is 2.49. The molecule has 0 atom stereocenters. The number of hydrogen-bond acceptors (Lipinski definition) is 4. The summed E-state index contributed by atoms with van der Waals surface area (Å²) in [5.74, 6) is -0.957. The zero-order chi connectivity index (χ0) is 18.7. The van der Waals surface area contributed by atoms with Crippen LogP contribution in [0.2, 0.25) is 0 Å². The minimum absolute atomic E-state index is 0.379. The number of carboxylic acids is 1. The normalized spacial score (nSPS) is 19.6. The average molecular weight is 343 g/mol. The third-order valence-corrected chi connectivity index (χ3v) is 4.64. The van der Waals surface area contributed by atoms with E-state index >= 15 is 0 Å². The first-order valence-corrected chi connectivity index (χ1v) is 8.36. The van der Waals surface area contributed by atoms with E-state index in [1.807, 2.05) is 65.1 Å². The van der Waals surface area contributed by atoms with Gasteiger partial charge in [-0.15, -0.1) is 0 Å². The van der Waals surface area contributed by atoms with Crippen molar-refractivity contribution in [2.45, 2.75) is 38.9 Å². The number of carboxylic acid groups (broad SMARTS) is 1. The monoisotopic (exact) mass is 343 g/mol. The Morgan fingerprint density at radius 3 is 2.12 bits per heavy atom. The standard InChI is InChI=1S/C19H26BNO4/c1-18(2)19(3,4)25-20(24-18)16(13-21-5)12-15-8-6-14(7-9-15)10-11-17(22)23/h6-12,21H,13H2,1-5H3,(H,22,23)/b11-10+,16-12?. The highest BCUT2D eigenvalue weighted by Crippen LogP contribution is 2.38. The molecule has 0 amide bonds. The lowest BCUT2D eigenvalue weighted by Crippen LogP contribution is -2.41. The SMILES string of the molecule is CNCC(=Cc1ccc(/C=C/C(=O)O)cc1)B1OC(C)(C)C(C)(C)O1. The van der Waals surface area contributed by atoms with Crippen LogP contribution in [-0.2, 0) is 14.1 Å². The fraction of sp³-hybridized carbons (Fsp3) is 0.421. The fourth-order valence-electron chi connectivity index (χ4n) is 2.49. The van der Waals surface area contributed by atoms with Crippen molar-refractivity contribution in [3.05, 3.63) is 46.9 Å². The molecule has 2 N–H and O–H groups in total. The summed E-state index contributed by atoms with van der Waals surface area (Å²) < 4.78 is 12.3. The van der Waals surface area contributed by atoms with Crippen molar-refractivity contribution < 1.29 is 19.2 Å². The molecule has 0 aliphatic carbocycles. The molecule has 0 radical (unpaired) electrons. The molecule has 1 aliphatic heterocycles. The second-order valence-corrected chi connectivity index (χ2v) is 7.18. The van der Waals surface area contributed by atoms with Crippen LogP contribution in [-0.4, -0.2) is 43.0 Å². The molecule has 0 spiro atoms. The summed E-state index contributed by atoms with van der Waals surface area (Å²) in [5, 5.41) is 11.8. The summed E-state index contributed by atoms with van der Waals surface area (Å²) in [6.45, 7) is 8.79. The van der Waals surface area contributed by atoms with E-state index in [-0.39, 0.29) is 11.2 Å². The van der Waals surface area contributed by atoms with E-state index in [1.54, 1.807) is 6.08 Å². The molecule has 6 heteroatoms. The largest absolute Gasteiger partial charge is 0.491 e. The van der Waals surface area contributed by atoms with E-state index in [4.69, 9.17) is 14.4 Å². The molecule has 1 saturated heterocycles. The Bertz CT molecular complexity index is 661. The van der Waals surface area contributed by atoms with Gasteiger partial charge in [0.25, 0.3) is 0 Å². The van der Waals surface area contributed by atoms with E-state index in [9.17, 15) is 4.79 Å². The Labute approximate surface area is 149 Å². The van der Waals surface area contributed by atoms with Crippen LogP contribution in [0.1, 0.15) is 38.8 Å². The van der Waals surface area contributed by atoms with Gasteiger partial charge in [0, 0.05) is 12.6 Å². The van der Waals surface area contributed by atoms with Gasteiger partial charge in [-0.2, -0.15) is 0 Å². The summed E-state index contributed by atoms with van der Waals surface area (Å²) in [6, 6.07) is 7.66. The molecule has 1 aliphatic rings. The Balaban J connectivity index is 2.21. The van der Waals surface area contributed by atoms with Crippen LogP contribution >= 0.6 is 0 Å². The van der Waals surface area contributed by atoms with Crippen LogP contribution in [0.5, 0.6) is 0 Å². The van der Waals surface area contributed by atoms with Crippen LogP contribution in [0, 0.1) is 0 Å². The van der Waals surface area contributed by atoms with Crippen LogP contribution < -0.4 is 5.32 Å². The molecule has 2 rings (SSSR count). The highest BCUT2D eigenvalue weighted by Gasteiger charge is 2.52. The van der Waals surface area contributed by atoms with Crippen LogP contribution in [0.3, 0.4) is 0 Å². The van der Waals surface area contributed by atoms with E-state index in [2.05, 4.69) is 5.32 Å². The van der Waals surface area contributed by atoms with Gasteiger partial charge in [-0.1, -0.05) is 30.3 Å². The third kappa shape index (κ3) is 4.81. The van der Waals surface area contributed by atoms with E-state index in [1.165, 1.54) is 0 Å². The van der Waals surface area contributed by atoms with Gasteiger partial charge in [-0.25, -0.2) is 4.79 Å². The maximum absolute atomic E-state index is 10.6. The number of rotatable bonds is 6. The molecular weight excluding hydrogens is 317 g/mol. The first-order chi connectivity index (χ1) is 11.6. The zero-order valence-corrected chi connectivity index (χ0v) is 15.5. The summed E-state index contributed by atoms with van der Waals surface area (Å²) in [4.78, 5) is 10.6. The van der Waals surface area contributed by atoms with Gasteiger partial charge in [0.2, 0.25) is 0 Å². The molecule has 1 fully saturated rings. The van der Waals surface area contributed by atoms with Gasteiger partial charge in [-0.05, 0) is 57.4 Å². The first kappa shape index (κ1) is 19.4. The number of likely N-dealkylation sites (N-methyl/N-ethyl adjacent to an activating group) is 1. The number of nitrogens with one attached hydrogen (secondary N) is 1. The van der Waals surface area contributed by atoms with E-state index < -0.39 is 13.1 Å². The van der Waals surface area contributed by atoms with E-state index in [0.29, 0.717) is 6.54 Å². The van der Waals surface area contributed by atoms with Crippen LogP contribution in [0.25, 0.3) is 12.2 Å².